The fourth-order valence-corrected chi connectivity index (χ4v) is 4.25. The molecule has 0 spiro atoms. The van der Waals surface area contributed by atoms with Crippen LogP contribution in [0.3, 0.4) is 0 Å². The van der Waals surface area contributed by atoms with Gasteiger partial charge in [0.2, 0.25) is 0 Å². The van der Waals surface area contributed by atoms with Crippen LogP contribution in [0.4, 0.5) is 0 Å². The van der Waals surface area contributed by atoms with Crippen molar-refractivity contribution in [1.82, 2.24) is 10.2 Å². The van der Waals surface area contributed by atoms with Crippen molar-refractivity contribution in [3.8, 4) is 5.75 Å². The van der Waals surface area contributed by atoms with Crippen molar-refractivity contribution in [3.05, 3.63) is 50.1 Å². The number of thiophene rings is 1. The van der Waals surface area contributed by atoms with Crippen LogP contribution >= 0.6 is 27.3 Å². The Balaban J connectivity index is 2.10. The average molecular weight is 476 g/mol. The van der Waals surface area contributed by atoms with E-state index in [4.69, 9.17) is 4.74 Å². The van der Waals surface area contributed by atoms with Crippen LogP contribution in [0.25, 0.3) is 11.4 Å². The highest BCUT2D eigenvalue weighted by molar-refractivity contribution is 9.10. The first-order valence-corrected chi connectivity index (χ1v) is 11.1. The number of methoxy groups -OCH3 is 1. The summed E-state index contributed by atoms with van der Waals surface area (Å²) in [7, 11) is 3.47. The first kappa shape index (κ1) is 21.6. The molecule has 1 aliphatic rings. The molecule has 0 radical (unpaired) electrons. The minimum Gasteiger partial charge on any atom is -0.496 e. The van der Waals surface area contributed by atoms with Gasteiger partial charge < -0.3 is 15.0 Å². The summed E-state index contributed by atoms with van der Waals surface area (Å²) in [6.45, 7) is 6.80. The topological polar surface area (TPSA) is 53.9 Å². The van der Waals surface area contributed by atoms with E-state index in [9.17, 15) is 4.79 Å². The lowest BCUT2D eigenvalue weighted by molar-refractivity contribution is -0.126. The van der Waals surface area contributed by atoms with Gasteiger partial charge in [-0.2, -0.15) is 0 Å². The second-order valence-corrected chi connectivity index (χ2v) is 9.65. The molecule has 1 aliphatic heterocycles. The summed E-state index contributed by atoms with van der Waals surface area (Å²) in [6, 6.07) is 8.14. The lowest BCUT2D eigenvalue weighted by Crippen LogP contribution is -2.43. The highest BCUT2D eigenvalue weighted by atomic mass is 79.9. The minimum atomic E-state index is -0.267. The Morgan fingerprint density at radius 1 is 1.38 bits per heavy atom. The third-order valence-electron chi connectivity index (χ3n) is 4.98. The number of halogens is 1. The predicted octanol–water partition coefficient (Wildman–Crippen LogP) is 4.82. The molecule has 2 heterocycles. The number of nitrogens with one attached hydrogen (secondary N) is 1. The zero-order chi connectivity index (χ0) is 21.2. The largest absolute Gasteiger partial charge is 0.496 e. The second kappa shape index (κ2) is 8.71. The number of ether oxygens (including phenoxy) is 1. The van der Waals surface area contributed by atoms with Crippen molar-refractivity contribution in [1.29, 1.82) is 0 Å². The highest BCUT2D eigenvalue weighted by Crippen LogP contribution is 2.37. The van der Waals surface area contributed by atoms with Crippen LogP contribution in [0.15, 0.2) is 39.1 Å². The molecule has 0 fully saturated rings. The minimum absolute atomic E-state index is 0.126. The van der Waals surface area contributed by atoms with Crippen LogP contribution in [0, 0.1) is 0 Å². The maximum absolute atomic E-state index is 12.6. The van der Waals surface area contributed by atoms with Gasteiger partial charge in [-0.05, 0) is 72.3 Å². The fraction of sp³-hybridized carbons (Fsp3) is 0.364. The van der Waals surface area contributed by atoms with Crippen molar-refractivity contribution in [2.24, 2.45) is 4.99 Å². The monoisotopic (exact) mass is 475 g/mol. The number of carbonyl (C=O) groups excluding carboxylic acids is 1. The van der Waals surface area contributed by atoms with E-state index in [1.54, 1.807) is 30.4 Å². The SMILES string of the molecule is COc1cc2c(cc1Br)/C(=C(/N=CC(=O)N(C)C(C)(C)C)c1cccs1)NCC2. The van der Waals surface area contributed by atoms with Crippen LogP contribution < -0.4 is 10.1 Å². The molecule has 7 heteroatoms. The smallest absolute Gasteiger partial charge is 0.265 e. The summed E-state index contributed by atoms with van der Waals surface area (Å²) in [5.41, 5.74) is 3.70. The van der Waals surface area contributed by atoms with E-state index in [0.717, 1.165) is 45.0 Å². The summed E-state index contributed by atoms with van der Waals surface area (Å²) in [5.74, 6) is 0.687. The van der Waals surface area contributed by atoms with Gasteiger partial charge in [-0.1, -0.05) is 6.07 Å². The van der Waals surface area contributed by atoms with Crippen molar-refractivity contribution in [2.45, 2.75) is 32.7 Å². The molecule has 29 heavy (non-hydrogen) atoms. The summed E-state index contributed by atoms with van der Waals surface area (Å²) < 4.78 is 6.34. The first-order valence-electron chi connectivity index (χ1n) is 9.43. The maximum atomic E-state index is 12.6. The van der Waals surface area contributed by atoms with E-state index < -0.39 is 0 Å². The molecule has 0 atom stereocenters. The molecule has 5 nitrogen and oxygen atoms in total. The molecule has 0 bridgehead atoms. The molecule has 0 aliphatic carbocycles. The van der Waals surface area contributed by atoms with E-state index in [1.165, 1.54) is 11.8 Å². The number of hydrogen-bond donors (Lipinski definition) is 1. The van der Waals surface area contributed by atoms with E-state index in [0.29, 0.717) is 0 Å². The van der Waals surface area contributed by atoms with Gasteiger partial charge in [0.15, 0.2) is 0 Å². The van der Waals surface area contributed by atoms with Gasteiger partial charge in [0.05, 0.1) is 28.4 Å². The van der Waals surface area contributed by atoms with Crippen LogP contribution in [0.5, 0.6) is 5.75 Å². The number of hydrogen-bond acceptors (Lipinski definition) is 5. The number of benzene rings is 1. The number of carbonyl (C=O) groups is 1. The van der Waals surface area contributed by atoms with E-state index >= 15 is 0 Å². The molecule has 1 N–H and O–H groups in total. The molecule has 1 aromatic heterocycles. The zero-order valence-corrected chi connectivity index (χ0v) is 19.8. The Bertz CT molecular complexity index is 959. The molecular formula is C22H26BrN3O2S. The number of amides is 1. The summed E-state index contributed by atoms with van der Waals surface area (Å²) in [5, 5.41) is 5.51. The number of aliphatic imine (C=N–C) groups is 1. The molecule has 3 rings (SSSR count). The summed E-state index contributed by atoms with van der Waals surface area (Å²) >= 11 is 5.20. The number of fused-ring (bicyclic) bond motifs is 1. The third kappa shape index (κ3) is 4.73. The Morgan fingerprint density at radius 2 is 2.14 bits per heavy atom. The van der Waals surface area contributed by atoms with Crippen molar-refractivity contribution >= 4 is 50.8 Å². The Labute approximate surface area is 184 Å². The zero-order valence-electron chi connectivity index (χ0n) is 17.4. The highest BCUT2D eigenvalue weighted by Gasteiger charge is 2.23. The van der Waals surface area contributed by atoms with Gasteiger partial charge in [0, 0.05) is 24.7 Å². The first-order chi connectivity index (χ1) is 13.7. The Hall–Kier alpha value is -2.12. The van der Waals surface area contributed by atoms with Gasteiger partial charge in [-0.15, -0.1) is 11.3 Å². The number of nitrogens with zero attached hydrogens (tertiary/aromatic N) is 2. The van der Waals surface area contributed by atoms with Gasteiger partial charge in [0.25, 0.3) is 5.91 Å². The van der Waals surface area contributed by atoms with Crippen molar-refractivity contribution in [3.63, 3.8) is 0 Å². The molecule has 0 saturated heterocycles. The van der Waals surface area contributed by atoms with Crippen LogP contribution in [-0.2, 0) is 11.2 Å². The summed E-state index contributed by atoms with van der Waals surface area (Å²) in [4.78, 5) is 20.0. The van der Waals surface area contributed by atoms with Crippen LogP contribution in [0.1, 0.15) is 36.8 Å². The van der Waals surface area contributed by atoms with Crippen LogP contribution in [-0.4, -0.2) is 43.3 Å². The lowest BCUT2D eigenvalue weighted by Gasteiger charge is -2.30. The summed E-state index contributed by atoms with van der Waals surface area (Å²) in [6.07, 6.45) is 2.32. The van der Waals surface area contributed by atoms with Crippen LogP contribution in [0.2, 0.25) is 0 Å². The van der Waals surface area contributed by atoms with E-state index in [-0.39, 0.29) is 11.4 Å². The van der Waals surface area contributed by atoms with Gasteiger partial charge in [-0.3, -0.25) is 4.79 Å². The van der Waals surface area contributed by atoms with Crippen molar-refractivity contribution in [2.75, 3.05) is 20.7 Å². The quantitative estimate of drug-likeness (QED) is 0.644. The van der Waals surface area contributed by atoms with Gasteiger partial charge in [0.1, 0.15) is 11.4 Å². The van der Waals surface area contributed by atoms with Gasteiger partial charge >= 0.3 is 0 Å². The molecule has 0 unspecified atom stereocenters. The predicted molar refractivity (Wildman–Crippen MR) is 125 cm³/mol. The normalized spacial score (nSPS) is 15.7. The standard InChI is InChI=1S/C22H26BrN3O2S/c1-22(2,3)26(4)19(27)13-25-21(18-7-6-10-29-18)20-15-12-16(23)17(28-5)11-14(15)8-9-24-20/h6-7,10-13,24H,8-9H2,1-5H3/b21-20-,25-13?. The lowest BCUT2D eigenvalue weighted by atomic mass is 9.96. The van der Waals surface area contributed by atoms with E-state index in [1.807, 2.05) is 38.3 Å². The molecule has 1 amide bonds. The van der Waals surface area contributed by atoms with E-state index in [2.05, 4.69) is 38.4 Å². The fourth-order valence-electron chi connectivity index (χ4n) is 3.02. The molecular weight excluding hydrogens is 450 g/mol. The maximum Gasteiger partial charge on any atom is 0.265 e. The Kier molecular flexibility index (Phi) is 6.49. The third-order valence-corrected chi connectivity index (χ3v) is 6.47. The van der Waals surface area contributed by atoms with Gasteiger partial charge in [-0.25, -0.2) is 4.99 Å². The Morgan fingerprint density at radius 3 is 2.76 bits per heavy atom. The van der Waals surface area contributed by atoms with Crippen molar-refractivity contribution < 1.29 is 9.53 Å². The second-order valence-electron chi connectivity index (χ2n) is 7.85. The molecule has 2 aromatic rings. The average Bonchev–Trinajstić information content (AvgIpc) is 3.20. The molecule has 1 aromatic carbocycles. The number of rotatable bonds is 4. The molecule has 154 valence electrons. The molecule has 0 saturated carbocycles.